The van der Waals surface area contributed by atoms with Gasteiger partial charge in [-0.1, -0.05) is 6.07 Å². The molecule has 3 N–H and O–H groups in total. The molecule has 0 aliphatic carbocycles. The standard InChI is InChI=1S/C13H15N3O2/c1-9(2)16-13(18)10(7-14)8-15-11-4-3-5-12(17)6-11/h3-6,8-9,15,17H,1-2H3,(H,16,18)/b10-8-. The number of rotatable bonds is 4. The van der Waals surface area contributed by atoms with E-state index in [4.69, 9.17) is 5.26 Å². The molecule has 0 unspecified atom stereocenters. The highest BCUT2D eigenvalue weighted by Crippen LogP contribution is 2.15. The topological polar surface area (TPSA) is 85.2 Å². The van der Waals surface area contributed by atoms with Gasteiger partial charge in [-0.05, 0) is 26.0 Å². The Labute approximate surface area is 106 Å². The fraction of sp³-hybridized carbons (Fsp3) is 0.231. The monoisotopic (exact) mass is 245 g/mol. The van der Waals surface area contributed by atoms with Gasteiger partial charge in [0.25, 0.3) is 5.91 Å². The number of phenols is 1. The molecular formula is C13H15N3O2. The van der Waals surface area contributed by atoms with Crippen molar-refractivity contribution in [2.24, 2.45) is 0 Å². The van der Waals surface area contributed by atoms with Crippen molar-refractivity contribution >= 4 is 11.6 Å². The normalized spacial score (nSPS) is 10.9. The van der Waals surface area contributed by atoms with E-state index >= 15 is 0 Å². The van der Waals surface area contributed by atoms with E-state index in [2.05, 4.69) is 10.6 Å². The van der Waals surface area contributed by atoms with Gasteiger partial charge in [0.2, 0.25) is 0 Å². The molecule has 0 saturated carbocycles. The third-order valence-corrected chi connectivity index (χ3v) is 2.01. The Morgan fingerprint density at radius 1 is 1.50 bits per heavy atom. The first kappa shape index (κ1) is 13.6. The highest BCUT2D eigenvalue weighted by molar-refractivity contribution is 5.97. The van der Waals surface area contributed by atoms with Crippen LogP contribution in [0.3, 0.4) is 0 Å². The predicted molar refractivity (Wildman–Crippen MR) is 68.7 cm³/mol. The summed E-state index contributed by atoms with van der Waals surface area (Å²) in [5.74, 6) is -0.321. The van der Waals surface area contributed by atoms with E-state index in [1.807, 2.05) is 19.9 Å². The Balaban J connectivity index is 2.75. The Bertz CT molecular complexity index is 501. The van der Waals surface area contributed by atoms with Crippen LogP contribution < -0.4 is 10.6 Å². The molecule has 0 spiro atoms. The van der Waals surface area contributed by atoms with E-state index in [9.17, 15) is 9.90 Å². The summed E-state index contributed by atoms with van der Waals surface area (Å²) in [5, 5.41) is 23.5. The maximum absolute atomic E-state index is 11.6. The van der Waals surface area contributed by atoms with E-state index in [-0.39, 0.29) is 17.4 Å². The lowest BCUT2D eigenvalue weighted by Gasteiger charge is -2.07. The Morgan fingerprint density at radius 3 is 2.78 bits per heavy atom. The molecule has 0 fully saturated rings. The van der Waals surface area contributed by atoms with E-state index in [1.54, 1.807) is 12.1 Å². The second-order valence-corrected chi connectivity index (χ2v) is 3.99. The summed E-state index contributed by atoms with van der Waals surface area (Å²) < 4.78 is 0. The molecule has 0 aliphatic heterocycles. The van der Waals surface area contributed by atoms with E-state index < -0.39 is 5.91 Å². The van der Waals surface area contributed by atoms with Gasteiger partial charge in [0, 0.05) is 24.0 Å². The zero-order chi connectivity index (χ0) is 13.5. The fourth-order valence-corrected chi connectivity index (χ4v) is 1.24. The van der Waals surface area contributed by atoms with E-state index in [0.717, 1.165) is 0 Å². The lowest BCUT2D eigenvalue weighted by Crippen LogP contribution is -2.31. The van der Waals surface area contributed by atoms with Crippen molar-refractivity contribution < 1.29 is 9.90 Å². The van der Waals surface area contributed by atoms with Crippen LogP contribution in [0.2, 0.25) is 0 Å². The minimum Gasteiger partial charge on any atom is -0.508 e. The zero-order valence-corrected chi connectivity index (χ0v) is 10.3. The van der Waals surface area contributed by atoms with Crippen LogP contribution in [0, 0.1) is 11.3 Å². The highest BCUT2D eigenvalue weighted by Gasteiger charge is 2.09. The van der Waals surface area contributed by atoms with Crippen molar-refractivity contribution in [2.75, 3.05) is 5.32 Å². The van der Waals surface area contributed by atoms with Crippen LogP contribution in [0.15, 0.2) is 36.0 Å². The fourth-order valence-electron chi connectivity index (χ4n) is 1.24. The largest absolute Gasteiger partial charge is 0.508 e. The molecule has 5 nitrogen and oxygen atoms in total. The minimum atomic E-state index is -0.430. The van der Waals surface area contributed by atoms with Crippen molar-refractivity contribution in [3.63, 3.8) is 0 Å². The molecule has 18 heavy (non-hydrogen) atoms. The molecule has 1 amide bonds. The number of aromatic hydroxyl groups is 1. The van der Waals surface area contributed by atoms with Gasteiger partial charge < -0.3 is 15.7 Å². The molecule has 0 heterocycles. The van der Waals surface area contributed by atoms with Gasteiger partial charge in [-0.3, -0.25) is 4.79 Å². The van der Waals surface area contributed by atoms with Gasteiger partial charge >= 0.3 is 0 Å². The number of hydrogen-bond acceptors (Lipinski definition) is 4. The smallest absolute Gasteiger partial charge is 0.263 e. The molecule has 1 aromatic carbocycles. The Hall–Kier alpha value is -2.48. The van der Waals surface area contributed by atoms with Crippen molar-refractivity contribution in [2.45, 2.75) is 19.9 Å². The first-order valence-electron chi connectivity index (χ1n) is 5.49. The van der Waals surface area contributed by atoms with E-state index in [0.29, 0.717) is 5.69 Å². The molecule has 5 heteroatoms. The molecule has 0 bridgehead atoms. The Morgan fingerprint density at radius 2 is 2.22 bits per heavy atom. The zero-order valence-electron chi connectivity index (χ0n) is 10.3. The number of nitrogens with zero attached hydrogens (tertiary/aromatic N) is 1. The van der Waals surface area contributed by atoms with Gasteiger partial charge in [0.05, 0.1) is 0 Å². The SMILES string of the molecule is CC(C)NC(=O)/C(C#N)=C\Nc1cccc(O)c1. The second kappa shape index (κ2) is 6.30. The van der Waals surface area contributed by atoms with Crippen LogP contribution in [0.1, 0.15) is 13.8 Å². The number of amides is 1. The van der Waals surface area contributed by atoms with Crippen LogP contribution in [-0.4, -0.2) is 17.1 Å². The summed E-state index contributed by atoms with van der Waals surface area (Å²) in [4.78, 5) is 11.6. The van der Waals surface area contributed by atoms with Crippen molar-refractivity contribution in [1.82, 2.24) is 5.32 Å². The summed E-state index contributed by atoms with van der Waals surface area (Å²) in [5.41, 5.74) is 0.576. The molecule has 94 valence electrons. The van der Waals surface area contributed by atoms with Crippen LogP contribution in [0.5, 0.6) is 5.75 Å². The maximum Gasteiger partial charge on any atom is 0.263 e. The summed E-state index contributed by atoms with van der Waals surface area (Å²) in [6.07, 6.45) is 1.31. The number of phenolic OH excluding ortho intramolecular Hbond substituents is 1. The Kier molecular flexibility index (Phi) is 4.76. The third-order valence-electron chi connectivity index (χ3n) is 2.01. The van der Waals surface area contributed by atoms with Gasteiger partial charge in [-0.2, -0.15) is 5.26 Å². The number of carbonyl (C=O) groups is 1. The van der Waals surface area contributed by atoms with Gasteiger partial charge in [0.1, 0.15) is 17.4 Å². The first-order chi connectivity index (χ1) is 8.52. The quantitative estimate of drug-likeness (QED) is 0.557. The summed E-state index contributed by atoms with van der Waals surface area (Å²) in [7, 11) is 0. The van der Waals surface area contributed by atoms with Gasteiger partial charge in [-0.25, -0.2) is 0 Å². The average molecular weight is 245 g/mol. The van der Waals surface area contributed by atoms with Crippen LogP contribution >= 0.6 is 0 Å². The van der Waals surface area contributed by atoms with E-state index in [1.165, 1.54) is 18.3 Å². The van der Waals surface area contributed by atoms with Gasteiger partial charge in [0.15, 0.2) is 0 Å². The highest BCUT2D eigenvalue weighted by atomic mass is 16.3. The molecule has 0 saturated heterocycles. The molecule has 0 aliphatic rings. The summed E-state index contributed by atoms with van der Waals surface area (Å²) in [6.45, 7) is 3.63. The van der Waals surface area contributed by atoms with Gasteiger partial charge in [-0.15, -0.1) is 0 Å². The maximum atomic E-state index is 11.6. The molecular weight excluding hydrogens is 230 g/mol. The van der Waals surface area contributed by atoms with Crippen LogP contribution in [0.25, 0.3) is 0 Å². The lowest BCUT2D eigenvalue weighted by atomic mass is 10.2. The third kappa shape index (κ3) is 4.18. The predicted octanol–water partition coefficient (Wildman–Crippen LogP) is 1.74. The number of nitrogens with one attached hydrogen (secondary N) is 2. The first-order valence-corrected chi connectivity index (χ1v) is 5.49. The minimum absolute atomic E-state index is 0.0213. The van der Waals surface area contributed by atoms with Crippen LogP contribution in [0.4, 0.5) is 5.69 Å². The summed E-state index contributed by atoms with van der Waals surface area (Å²) >= 11 is 0. The number of carbonyl (C=O) groups excluding carboxylic acids is 1. The van der Waals surface area contributed by atoms with Crippen molar-refractivity contribution in [3.8, 4) is 11.8 Å². The van der Waals surface area contributed by atoms with Crippen molar-refractivity contribution in [1.29, 1.82) is 5.26 Å². The molecule has 0 radical (unpaired) electrons. The van der Waals surface area contributed by atoms with Crippen molar-refractivity contribution in [3.05, 3.63) is 36.0 Å². The molecule has 0 aromatic heterocycles. The lowest BCUT2D eigenvalue weighted by molar-refractivity contribution is -0.117. The summed E-state index contributed by atoms with van der Waals surface area (Å²) in [6, 6.07) is 8.18. The number of nitriles is 1. The molecule has 1 aromatic rings. The molecule has 1 rings (SSSR count). The number of hydrogen-bond donors (Lipinski definition) is 3. The average Bonchev–Trinajstić information content (AvgIpc) is 2.29. The number of anilines is 1. The molecule has 0 atom stereocenters. The van der Waals surface area contributed by atoms with Crippen LogP contribution in [-0.2, 0) is 4.79 Å². The number of benzene rings is 1. The second-order valence-electron chi connectivity index (χ2n) is 3.99.